The Labute approximate surface area is 627 Å². The number of aliphatic hydroxyl groups is 1. The summed E-state index contributed by atoms with van der Waals surface area (Å²) in [6.45, 7) is 0.533. The highest BCUT2D eigenvalue weighted by molar-refractivity contribution is 6.05. The SMILES string of the molecule is CCCCCC1CCC(C(=O)NC(Cc2c[nH]c3ccccc23)C(=O)NC(CC(N)=O)C(=O)NC(CC(=O)O)C(=O)NC2COC(=O)C(CC(=O)c3ccccc3N)NC(=O)CC(C)CCC2=NCC(=O)NC(CCCN)C(=O)NCC(=O)NC(C)C(=O)NC(CC(=O)O)C(=O)NCC(=O)NC(CO)C(N)=O)CC1. The van der Waals surface area contributed by atoms with Gasteiger partial charge in [-0.1, -0.05) is 69.9 Å². The van der Waals surface area contributed by atoms with Crippen LogP contribution in [-0.4, -0.2) is 220 Å². The van der Waals surface area contributed by atoms with Gasteiger partial charge in [0.05, 0.1) is 39.0 Å². The fourth-order valence-electron chi connectivity index (χ4n) is 12.3. The number of Topliss-reactive ketones (excluding diaryl/α,β-unsaturated/α-hetero) is 1. The van der Waals surface area contributed by atoms with E-state index < -0.39 is 225 Å². The number of ether oxygens (including phenoxy) is 1. The summed E-state index contributed by atoms with van der Waals surface area (Å²) in [7, 11) is 0. The number of carboxylic acid groups (broad SMARTS) is 2. The second-order valence-corrected chi connectivity index (χ2v) is 27.1. The van der Waals surface area contributed by atoms with E-state index in [2.05, 4.69) is 70.1 Å². The molecule has 0 radical (unpaired) electrons. The number of anilines is 1. The number of hydrogen-bond acceptors (Lipinski definition) is 22. The number of nitrogens with zero attached hydrogens (tertiary/aromatic N) is 1. The number of aromatic nitrogens is 1. The fourth-order valence-corrected chi connectivity index (χ4v) is 12.3. The number of carbonyl (C=O) groups excluding carboxylic acids is 15. The van der Waals surface area contributed by atoms with E-state index in [9.17, 15) is 96.8 Å². The van der Waals surface area contributed by atoms with Gasteiger partial charge in [-0.25, -0.2) is 4.79 Å². The molecule has 10 atom stereocenters. The van der Waals surface area contributed by atoms with Gasteiger partial charge in [0.15, 0.2) is 5.78 Å². The number of aliphatic imine (C=N–C) groups is 1. The Morgan fingerprint density at radius 2 is 1.26 bits per heavy atom. The molecule has 5 rings (SSSR count). The molecule has 1 saturated carbocycles. The number of aliphatic hydroxyl groups excluding tert-OH is 1. The molecule has 2 heterocycles. The summed E-state index contributed by atoms with van der Waals surface area (Å²) in [6.07, 6.45) is 4.33. The van der Waals surface area contributed by atoms with Crippen molar-refractivity contribution < 1.29 is 102 Å². The van der Waals surface area contributed by atoms with Crippen LogP contribution in [-0.2, 0) is 87.9 Å². The van der Waals surface area contributed by atoms with Crippen molar-refractivity contribution in [2.75, 3.05) is 45.1 Å². The largest absolute Gasteiger partial charge is 0.481 e. The van der Waals surface area contributed by atoms with E-state index in [-0.39, 0.29) is 62.0 Å². The van der Waals surface area contributed by atoms with Crippen molar-refractivity contribution in [2.45, 2.75) is 191 Å². The van der Waals surface area contributed by atoms with Crippen LogP contribution < -0.4 is 81.4 Å². The third kappa shape index (κ3) is 30.0. The molecule has 2 fully saturated rings. The molecule has 0 bridgehead atoms. The van der Waals surface area contributed by atoms with E-state index in [1.807, 2.05) is 5.32 Å². The number of cyclic esters (lactones) is 1. The minimum absolute atomic E-state index is 0.00827. The van der Waals surface area contributed by atoms with E-state index in [0.29, 0.717) is 24.3 Å². The molecular formula is C71H101N17O21. The molecule has 23 N–H and O–H groups in total. The topological polar surface area (TPSA) is 625 Å². The van der Waals surface area contributed by atoms with Crippen LogP contribution in [0.4, 0.5) is 5.69 Å². The van der Waals surface area contributed by atoms with Crippen molar-refractivity contribution in [2.24, 2.45) is 39.9 Å². The van der Waals surface area contributed by atoms with Crippen LogP contribution in [0.25, 0.3) is 10.9 Å². The number of aromatic amines is 1. The number of para-hydroxylation sites is 2. The number of nitrogens with two attached hydrogens (primary N) is 4. The van der Waals surface area contributed by atoms with Crippen molar-refractivity contribution in [3.05, 3.63) is 65.9 Å². The molecule has 1 aliphatic carbocycles. The van der Waals surface area contributed by atoms with Gasteiger partial charge >= 0.3 is 17.9 Å². The lowest BCUT2D eigenvalue weighted by Gasteiger charge is -2.30. The Bertz CT molecular complexity index is 3800. The first-order valence-electron chi connectivity index (χ1n) is 36.0. The zero-order valence-electron chi connectivity index (χ0n) is 61.0. The average molecular weight is 1530 g/mol. The molecule has 1 saturated heterocycles. The third-order valence-corrected chi connectivity index (χ3v) is 18.3. The predicted molar refractivity (Wildman–Crippen MR) is 390 cm³/mol. The number of aliphatic carboxylic acids is 2. The number of fused-ring (bicyclic) bond motifs is 1. The Morgan fingerprint density at radius 1 is 0.661 bits per heavy atom. The standard InChI is InChI=1S/C71H101N17O21/c1-4-5-6-12-39-19-21-40(22-20-39)65(102)85-48(26-41-31-76-45-16-10-8-13-42(41)45)68(105)86-49(28-56(74)91)69(106)87-51(30-62(98)99)70(107)88-54-36-109-71(108)52(27-55(90)43-14-7-9-15-44(43)73)82-57(92)25-37(2)18-23-46(54)77-32-59(94)81-47(17-11-24-72)66(103)78-33-58(93)80-38(3)64(101)84-50(29-61(96)97)67(104)79-34-60(95)83-53(35-89)63(75)100/h7-10,13-16,31,37-40,47-54,76,89H,4-6,11-12,17-30,32-36,72-73H2,1-3H3,(H2,74,91)(H2,75,100)(H,78,103)(H,79,104)(H,80,93)(H,81,94)(H,82,92)(H,83,95)(H,84,101)(H,85,102)(H,86,105)(H,87,106)(H,88,107)(H,96,97)(H,98,99). The van der Waals surface area contributed by atoms with E-state index in [1.165, 1.54) is 18.2 Å². The summed E-state index contributed by atoms with van der Waals surface area (Å²) >= 11 is 0. The minimum Gasteiger partial charge on any atom is -0.481 e. The second kappa shape index (κ2) is 44.6. The predicted octanol–water partition coefficient (Wildman–Crippen LogP) is -3.59. The van der Waals surface area contributed by atoms with Crippen LogP contribution >= 0.6 is 0 Å². The van der Waals surface area contributed by atoms with Crippen molar-refractivity contribution in [1.82, 2.24) is 63.5 Å². The lowest BCUT2D eigenvalue weighted by Crippen LogP contribution is -2.59. The number of rotatable bonds is 41. The molecule has 2 aromatic carbocycles. The Kier molecular flexibility index (Phi) is 36.1. The van der Waals surface area contributed by atoms with Gasteiger partial charge in [0.2, 0.25) is 76.8 Å². The Morgan fingerprint density at radius 3 is 1.88 bits per heavy atom. The maximum Gasteiger partial charge on any atom is 0.329 e. The number of ketones is 1. The van der Waals surface area contributed by atoms with Gasteiger partial charge in [-0.2, -0.15) is 0 Å². The Hall–Kier alpha value is -11.4. The normalized spacial score (nSPS) is 19.0. The maximum atomic E-state index is 14.8. The van der Waals surface area contributed by atoms with Crippen LogP contribution in [0.2, 0.25) is 0 Å². The Balaban J connectivity index is 1.39. The number of amides is 13. The zero-order chi connectivity index (χ0) is 80.4. The molecule has 2 aliphatic rings. The third-order valence-electron chi connectivity index (χ3n) is 18.3. The lowest BCUT2D eigenvalue weighted by molar-refractivity contribution is -0.148. The molecular weight excluding hydrogens is 1430 g/mol. The smallest absolute Gasteiger partial charge is 0.329 e. The molecule has 1 aliphatic heterocycles. The summed E-state index contributed by atoms with van der Waals surface area (Å²) in [6, 6.07) is -1.88. The highest BCUT2D eigenvalue weighted by atomic mass is 16.5. The zero-order valence-corrected chi connectivity index (χ0v) is 61.0. The molecule has 1 aromatic heterocycles. The van der Waals surface area contributed by atoms with E-state index in [4.69, 9.17) is 27.7 Å². The number of nitrogen functional groups attached to an aromatic ring is 1. The van der Waals surface area contributed by atoms with Crippen molar-refractivity contribution in [1.29, 1.82) is 0 Å². The van der Waals surface area contributed by atoms with Gasteiger partial charge in [-0.05, 0) is 100 Å². The number of primary amides is 2. The molecule has 596 valence electrons. The maximum absolute atomic E-state index is 14.8. The summed E-state index contributed by atoms with van der Waals surface area (Å²) in [4.78, 5) is 235. The highest BCUT2D eigenvalue weighted by Crippen LogP contribution is 2.33. The molecule has 10 unspecified atom stereocenters. The fraction of sp³-hybridized carbons (Fsp3) is 0.549. The van der Waals surface area contributed by atoms with Crippen molar-refractivity contribution in [3.8, 4) is 0 Å². The van der Waals surface area contributed by atoms with Gasteiger partial charge in [0.1, 0.15) is 67.5 Å². The van der Waals surface area contributed by atoms with Crippen LogP contribution in [0.15, 0.2) is 59.7 Å². The van der Waals surface area contributed by atoms with Crippen LogP contribution in [0.5, 0.6) is 0 Å². The number of hydrogen-bond donors (Lipinski definition) is 19. The number of esters is 1. The highest BCUT2D eigenvalue weighted by Gasteiger charge is 2.38. The first-order valence-corrected chi connectivity index (χ1v) is 36.0. The van der Waals surface area contributed by atoms with Crippen molar-refractivity contribution >= 4 is 123 Å². The summed E-state index contributed by atoms with van der Waals surface area (Å²) in [5, 5.41) is 55.6. The number of nitrogens with one attached hydrogen (secondary N) is 12. The van der Waals surface area contributed by atoms with Crippen LogP contribution in [0.1, 0.15) is 146 Å². The molecule has 38 nitrogen and oxygen atoms in total. The number of benzene rings is 2. The monoisotopic (exact) mass is 1530 g/mol. The number of carbonyl (C=O) groups is 17. The lowest BCUT2D eigenvalue weighted by atomic mass is 9.79. The number of carboxylic acids is 2. The molecule has 38 heteroatoms. The molecule has 3 aromatic rings. The minimum atomic E-state index is -2.09. The summed E-state index contributed by atoms with van der Waals surface area (Å²) < 4.78 is 5.70. The first-order chi connectivity index (χ1) is 51.8. The van der Waals surface area contributed by atoms with Crippen LogP contribution in [0.3, 0.4) is 0 Å². The van der Waals surface area contributed by atoms with Gasteiger partial charge in [-0.15, -0.1) is 0 Å². The van der Waals surface area contributed by atoms with E-state index in [1.54, 1.807) is 43.5 Å². The first kappa shape index (κ1) is 88.2. The van der Waals surface area contributed by atoms with Crippen molar-refractivity contribution in [3.63, 3.8) is 0 Å². The van der Waals surface area contributed by atoms with Gasteiger partial charge < -0.3 is 106 Å². The molecule has 109 heavy (non-hydrogen) atoms. The van der Waals surface area contributed by atoms with Crippen LogP contribution in [0, 0.1) is 17.8 Å². The van der Waals surface area contributed by atoms with E-state index >= 15 is 0 Å². The average Bonchev–Trinajstić information content (AvgIpc) is 1.73. The molecule has 0 spiro atoms. The molecule has 13 amide bonds. The quantitative estimate of drug-likeness (QED) is 0.0113. The van der Waals surface area contributed by atoms with Gasteiger partial charge in [0, 0.05) is 59.2 Å². The van der Waals surface area contributed by atoms with Gasteiger partial charge in [-0.3, -0.25) is 81.7 Å². The number of H-pyrrole nitrogens is 1. The van der Waals surface area contributed by atoms with Gasteiger partial charge in [0.25, 0.3) is 0 Å². The summed E-state index contributed by atoms with van der Waals surface area (Å²) in [5.74, 6) is -18.8. The number of unbranched alkanes of at least 4 members (excludes halogenated alkanes) is 2. The second-order valence-electron chi connectivity index (χ2n) is 27.1. The summed E-state index contributed by atoms with van der Waals surface area (Å²) in [5.41, 5.74) is 23.8. The van der Waals surface area contributed by atoms with E-state index in [0.717, 1.165) is 56.4 Å².